The lowest BCUT2D eigenvalue weighted by molar-refractivity contribution is 0.204. The van der Waals surface area contributed by atoms with Crippen LogP contribution in [0.3, 0.4) is 0 Å². The van der Waals surface area contributed by atoms with E-state index in [0.29, 0.717) is 4.88 Å². The summed E-state index contributed by atoms with van der Waals surface area (Å²) >= 11 is 1.05. The van der Waals surface area contributed by atoms with Gasteiger partial charge in [-0.05, 0) is 38.8 Å². The van der Waals surface area contributed by atoms with E-state index in [-0.39, 0.29) is 16.3 Å². The third-order valence-corrected chi connectivity index (χ3v) is 6.92. The second-order valence-corrected chi connectivity index (χ2v) is 7.85. The molecule has 4 nitrogen and oxygen atoms in total. The first kappa shape index (κ1) is 13.5. The van der Waals surface area contributed by atoms with Crippen LogP contribution in [-0.4, -0.2) is 24.8 Å². The van der Waals surface area contributed by atoms with Gasteiger partial charge in [0, 0.05) is 12.1 Å². The number of hydrogen-bond acceptors (Lipinski definition) is 4. The zero-order valence-electron chi connectivity index (χ0n) is 10.5. The predicted molar refractivity (Wildman–Crippen MR) is 70.8 cm³/mol. The first-order valence-electron chi connectivity index (χ1n) is 6.00. The zero-order valence-corrected chi connectivity index (χ0v) is 12.1. The number of hydrogen-bond donors (Lipinski definition) is 0. The third kappa shape index (κ3) is 2.30. The molecule has 0 radical (unpaired) electrons. The molecule has 0 saturated carbocycles. The van der Waals surface area contributed by atoms with E-state index < -0.39 is 10.0 Å². The summed E-state index contributed by atoms with van der Waals surface area (Å²) in [5, 5.41) is 8.78. The molecule has 1 saturated heterocycles. The summed E-state index contributed by atoms with van der Waals surface area (Å²) in [6, 6.07) is 5.15. The molecule has 1 aromatic heterocycles. The number of rotatable bonds is 2. The van der Waals surface area contributed by atoms with Crippen LogP contribution < -0.4 is 0 Å². The maximum absolute atomic E-state index is 12.6. The molecule has 2 unspecified atom stereocenters. The van der Waals surface area contributed by atoms with Crippen LogP contribution in [0.5, 0.6) is 0 Å². The Morgan fingerprint density at radius 2 is 1.94 bits per heavy atom. The second-order valence-electron chi connectivity index (χ2n) is 4.69. The van der Waals surface area contributed by atoms with Crippen molar-refractivity contribution in [3.63, 3.8) is 0 Å². The summed E-state index contributed by atoms with van der Waals surface area (Å²) < 4.78 is 27.0. The van der Waals surface area contributed by atoms with Crippen LogP contribution >= 0.6 is 11.3 Å². The Morgan fingerprint density at radius 1 is 1.33 bits per heavy atom. The standard InChI is InChI=1S/C12H16N2O2S2/c1-9-4-3-5-10(2)14(9)18(15,16)12-7-6-11(8-13)17-12/h6-7,9-10H,3-5H2,1-2H3. The van der Waals surface area contributed by atoms with Gasteiger partial charge < -0.3 is 0 Å². The van der Waals surface area contributed by atoms with Gasteiger partial charge in [-0.15, -0.1) is 11.3 Å². The van der Waals surface area contributed by atoms with Gasteiger partial charge in [-0.2, -0.15) is 9.57 Å². The zero-order chi connectivity index (χ0) is 13.3. The van der Waals surface area contributed by atoms with Crippen LogP contribution in [-0.2, 0) is 10.0 Å². The minimum Gasteiger partial charge on any atom is -0.206 e. The highest BCUT2D eigenvalue weighted by molar-refractivity contribution is 7.91. The van der Waals surface area contributed by atoms with Crippen LogP contribution in [0.2, 0.25) is 0 Å². The molecule has 2 heterocycles. The molecule has 2 atom stereocenters. The SMILES string of the molecule is CC1CCCC(C)N1S(=O)(=O)c1ccc(C#N)s1. The second kappa shape index (κ2) is 5.00. The van der Waals surface area contributed by atoms with Crippen molar-refractivity contribution >= 4 is 21.4 Å². The fraction of sp³-hybridized carbons (Fsp3) is 0.583. The lowest BCUT2D eigenvalue weighted by atomic mass is 10.0. The van der Waals surface area contributed by atoms with Crippen molar-refractivity contribution in [1.82, 2.24) is 4.31 Å². The molecule has 1 aromatic rings. The Morgan fingerprint density at radius 3 is 2.44 bits per heavy atom. The van der Waals surface area contributed by atoms with Crippen LogP contribution in [0.25, 0.3) is 0 Å². The van der Waals surface area contributed by atoms with Crippen LogP contribution in [0.15, 0.2) is 16.3 Å². The summed E-state index contributed by atoms with van der Waals surface area (Å²) in [7, 11) is -3.45. The van der Waals surface area contributed by atoms with Gasteiger partial charge in [0.1, 0.15) is 15.2 Å². The summed E-state index contributed by atoms with van der Waals surface area (Å²) in [5.74, 6) is 0. The highest BCUT2D eigenvalue weighted by Crippen LogP contribution is 2.32. The summed E-state index contributed by atoms with van der Waals surface area (Å²) in [4.78, 5) is 0.436. The smallest absolute Gasteiger partial charge is 0.206 e. The largest absolute Gasteiger partial charge is 0.253 e. The molecule has 0 aromatic carbocycles. The van der Waals surface area contributed by atoms with Crippen LogP contribution in [0, 0.1) is 11.3 Å². The molecule has 1 fully saturated rings. The summed E-state index contributed by atoms with van der Waals surface area (Å²) in [5.41, 5.74) is 0. The molecule has 1 aliphatic rings. The highest BCUT2D eigenvalue weighted by atomic mass is 32.2. The number of nitrogens with zero attached hydrogens (tertiary/aromatic N) is 2. The van der Waals surface area contributed by atoms with Crippen molar-refractivity contribution in [2.24, 2.45) is 0 Å². The molecule has 6 heteroatoms. The average Bonchev–Trinajstić information content (AvgIpc) is 2.77. The average molecular weight is 284 g/mol. The lowest BCUT2D eigenvalue weighted by Gasteiger charge is -2.37. The molecule has 18 heavy (non-hydrogen) atoms. The van der Waals surface area contributed by atoms with Gasteiger partial charge in [-0.1, -0.05) is 6.42 Å². The van der Waals surface area contributed by atoms with E-state index in [0.717, 1.165) is 30.6 Å². The number of nitriles is 1. The highest BCUT2D eigenvalue weighted by Gasteiger charge is 2.36. The first-order valence-corrected chi connectivity index (χ1v) is 8.26. The van der Waals surface area contributed by atoms with E-state index in [1.807, 2.05) is 19.9 Å². The van der Waals surface area contributed by atoms with Crippen molar-refractivity contribution in [2.75, 3.05) is 0 Å². The van der Waals surface area contributed by atoms with E-state index in [4.69, 9.17) is 5.26 Å². The molecular formula is C12H16N2O2S2. The van der Waals surface area contributed by atoms with Crippen molar-refractivity contribution in [1.29, 1.82) is 5.26 Å². The molecule has 0 amide bonds. The Bertz CT molecular complexity index is 561. The molecule has 0 bridgehead atoms. The minimum atomic E-state index is -3.45. The fourth-order valence-corrected chi connectivity index (χ4v) is 5.58. The van der Waals surface area contributed by atoms with Gasteiger partial charge in [0.2, 0.25) is 0 Å². The molecule has 1 aliphatic heterocycles. The first-order chi connectivity index (χ1) is 8.46. The Labute approximate surface area is 112 Å². The quantitative estimate of drug-likeness (QED) is 0.838. The van der Waals surface area contributed by atoms with Gasteiger partial charge in [0.15, 0.2) is 0 Å². The van der Waals surface area contributed by atoms with Gasteiger partial charge in [-0.25, -0.2) is 8.42 Å². The van der Waals surface area contributed by atoms with Crippen molar-refractivity contribution in [2.45, 2.75) is 49.4 Å². The van der Waals surface area contributed by atoms with E-state index >= 15 is 0 Å². The van der Waals surface area contributed by atoms with Crippen LogP contribution in [0.4, 0.5) is 0 Å². The molecule has 0 spiro atoms. The Hall–Kier alpha value is -0.900. The predicted octanol–water partition coefficient (Wildman–Crippen LogP) is 2.57. The van der Waals surface area contributed by atoms with Crippen molar-refractivity contribution in [3.8, 4) is 6.07 Å². The fourth-order valence-electron chi connectivity index (χ4n) is 2.49. The number of thiophene rings is 1. The topological polar surface area (TPSA) is 61.2 Å². The maximum Gasteiger partial charge on any atom is 0.253 e. The maximum atomic E-state index is 12.6. The summed E-state index contributed by atoms with van der Waals surface area (Å²) in [6.07, 6.45) is 2.88. The van der Waals surface area contributed by atoms with E-state index in [9.17, 15) is 8.42 Å². The molecule has 0 aliphatic carbocycles. The summed E-state index contributed by atoms with van der Waals surface area (Å²) in [6.45, 7) is 3.90. The molecule has 0 N–H and O–H groups in total. The minimum absolute atomic E-state index is 0.0337. The number of sulfonamides is 1. The van der Waals surface area contributed by atoms with E-state index in [1.54, 1.807) is 10.4 Å². The van der Waals surface area contributed by atoms with E-state index in [2.05, 4.69) is 0 Å². The monoisotopic (exact) mass is 284 g/mol. The van der Waals surface area contributed by atoms with Gasteiger partial charge >= 0.3 is 0 Å². The van der Waals surface area contributed by atoms with Gasteiger partial charge in [0.05, 0.1) is 0 Å². The third-order valence-electron chi connectivity index (χ3n) is 3.34. The Balaban J connectivity index is 2.38. The normalized spacial score (nSPS) is 25.8. The van der Waals surface area contributed by atoms with Crippen LogP contribution in [0.1, 0.15) is 38.0 Å². The number of piperidine rings is 1. The van der Waals surface area contributed by atoms with Gasteiger partial charge in [-0.3, -0.25) is 0 Å². The lowest BCUT2D eigenvalue weighted by Crippen LogP contribution is -2.47. The Kier molecular flexibility index (Phi) is 3.76. The van der Waals surface area contributed by atoms with Crippen molar-refractivity contribution in [3.05, 3.63) is 17.0 Å². The van der Waals surface area contributed by atoms with Gasteiger partial charge in [0.25, 0.3) is 10.0 Å². The van der Waals surface area contributed by atoms with Crippen molar-refractivity contribution < 1.29 is 8.42 Å². The van der Waals surface area contributed by atoms with E-state index in [1.165, 1.54) is 6.07 Å². The molecule has 2 rings (SSSR count). The molecular weight excluding hydrogens is 268 g/mol. The molecule has 98 valence electrons.